The molecule has 0 unspecified atom stereocenters. The van der Waals surface area contributed by atoms with Crippen LogP contribution in [-0.4, -0.2) is 19.2 Å². The summed E-state index contributed by atoms with van der Waals surface area (Å²) in [5.41, 5.74) is 7.05. The third-order valence-electron chi connectivity index (χ3n) is 2.52. The molecule has 0 aliphatic heterocycles. The Balaban J connectivity index is 2.37. The third kappa shape index (κ3) is 3.00. The van der Waals surface area contributed by atoms with Crippen molar-refractivity contribution in [3.8, 4) is 11.6 Å². The van der Waals surface area contributed by atoms with Crippen LogP contribution in [0.15, 0.2) is 30.3 Å². The van der Waals surface area contributed by atoms with Gasteiger partial charge in [-0.3, -0.25) is 0 Å². The molecule has 0 radical (unpaired) electrons. The van der Waals surface area contributed by atoms with E-state index < -0.39 is 0 Å². The zero-order valence-electron chi connectivity index (χ0n) is 10.6. The third-order valence-corrected chi connectivity index (χ3v) is 2.76. The van der Waals surface area contributed by atoms with Gasteiger partial charge in [0, 0.05) is 11.1 Å². The molecule has 0 aliphatic rings. The number of rotatable bonds is 4. The van der Waals surface area contributed by atoms with Crippen molar-refractivity contribution in [1.82, 2.24) is 4.98 Å². The van der Waals surface area contributed by atoms with Crippen LogP contribution in [0.3, 0.4) is 0 Å². The maximum absolute atomic E-state index is 5.97. The summed E-state index contributed by atoms with van der Waals surface area (Å²) in [6, 6.07) is 8.65. The van der Waals surface area contributed by atoms with Gasteiger partial charge in [0.15, 0.2) is 5.82 Å². The van der Waals surface area contributed by atoms with E-state index in [2.05, 4.69) is 10.3 Å². The number of nitrogens with one attached hydrogen (secondary N) is 1. The maximum atomic E-state index is 5.97. The number of anilines is 3. The second kappa shape index (κ2) is 5.67. The number of hydrogen-bond acceptors (Lipinski definition) is 5. The monoisotopic (exact) mass is 279 g/mol. The summed E-state index contributed by atoms with van der Waals surface area (Å²) in [7, 11) is 3.12. The second-order valence-corrected chi connectivity index (χ2v) is 4.20. The number of pyridine rings is 1. The number of halogens is 1. The summed E-state index contributed by atoms with van der Waals surface area (Å²) < 4.78 is 10.3. The maximum Gasteiger partial charge on any atom is 0.215 e. The van der Waals surface area contributed by atoms with Gasteiger partial charge in [-0.05, 0) is 24.3 Å². The van der Waals surface area contributed by atoms with Crippen molar-refractivity contribution in [1.29, 1.82) is 0 Å². The molecular weight excluding hydrogens is 266 g/mol. The molecule has 0 aliphatic carbocycles. The van der Waals surface area contributed by atoms with E-state index in [1.807, 2.05) is 0 Å². The lowest BCUT2D eigenvalue weighted by molar-refractivity contribution is 0.398. The largest absolute Gasteiger partial charge is 0.495 e. The van der Waals surface area contributed by atoms with E-state index in [4.69, 9.17) is 26.8 Å². The molecule has 1 aromatic carbocycles. The van der Waals surface area contributed by atoms with Gasteiger partial charge in [-0.2, -0.15) is 4.98 Å². The summed E-state index contributed by atoms with van der Waals surface area (Å²) in [6.07, 6.45) is 0. The second-order valence-electron chi connectivity index (χ2n) is 3.76. The Morgan fingerprint density at radius 1 is 1.16 bits per heavy atom. The van der Waals surface area contributed by atoms with Crippen molar-refractivity contribution >= 4 is 28.8 Å². The predicted octanol–water partition coefficient (Wildman–Crippen LogP) is 3.08. The molecule has 6 heteroatoms. The average Bonchev–Trinajstić information content (AvgIpc) is 2.41. The van der Waals surface area contributed by atoms with Crippen molar-refractivity contribution in [2.24, 2.45) is 0 Å². The minimum Gasteiger partial charge on any atom is -0.495 e. The molecule has 0 saturated heterocycles. The fourth-order valence-corrected chi connectivity index (χ4v) is 1.74. The number of nitrogen functional groups attached to an aromatic ring is 1. The summed E-state index contributed by atoms with van der Waals surface area (Å²) in [5.74, 6) is 1.60. The molecule has 0 atom stereocenters. The summed E-state index contributed by atoms with van der Waals surface area (Å²) in [6.45, 7) is 0. The van der Waals surface area contributed by atoms with Crippen LogP contribution in [0, 0.1) is 0 Å². The molecule has 5 nitrogen and oxygen atoms in total. The first-order valence-corrected chi connectivity index (χ1v) is 5.93. The first kappa shape index (κ1) is 13.3. The molecule has 2 rings (SSSR count). The Bertz CT molecular complexity index is 590. The van der Waals surface area contributed by atoms with E-state index in [1.54, 1.807) is 44.6 Å². The van der Waals surface area contributed by atoms with Gasteiger partial charge in [0.2, 0.25) is 5.88 Å². The number of ether oxygens (including phenoxy) is 2. The van der Waals surface area contributed by atoms with E-state index in [1.165, 1.54) is 0 Å². The minimum absolute atomic E-state index is 0.470. The van der Waals surface area contributed by atoms with Gasteiger partial charge in [0.25, 0.3) is 0 Å². The molecule has 1 aromatic heterocycles. The minimum atomic E-state index is 0.470. The van der Waals surface area contributed by atoms with Gasteiger partial charge < -0.3 is 20.5 Å². The van der Waals surface area contributed by atoms with E-state index in [9.17, 15) is 0 Å². The van der Waals surface area contributed by atoms with Gasteiger partial charge >= 0.3 is 0 Å². The van der Waals surface area contributed by atoms with Crippen molar-refractivity contribution in [2.45, 2.75) is 0 Å². The number of aromatic nitrogens is 1. The topological polar surface area (TPSA) is 69.4 Å². The summed E-state index contributed by atoms with van der Waals surface area (Å²) >= 11 is 5.97. The summed E-state index contributed by atoms with van der Waals surface area (Å²) in [4.78, 5) is 4.23. The van der Waals surface area contributed by atoms with E-state index >= 15 is 0 Å². The lowest BCUT2D eigenvalue weighted by Gasteiger charge is -2.13. The van der Waals surface area contributed by atoms with Crippen molar-refractivity contribution < 1.29 is 9.47 Å². The van der Waals surface area contributed by atoms with E-state index in [0.717, 1.165) is 0 Å². The van der Waals surface area contributed by atoms with Crippen molar-refractivity contribution in [2.75, 3.05) is 25.3 Å². The molecule has 100 valence electrons. The number of hydrogen-bond donors (Lipinski definition) is 2. The lowest BCUT2D eigenvalue weighted by atomic mass is 10.3. The standard InChI is InChI=1S/C13H14ClN3O2/c1-18-11-5-3-8(14)7-10(11)16-13-9(15)4-6-12(17-13)19-2/h3-7H,15H2,1-2H3,(H,16,17). The van der Waals surface area contributed by atoms with Crippen LogP contribution in [-0.2, 0) is 0 Å². The zero-order chi connectivity index (χ0) is 13.8. The van der Waals surface area contributed by atoms with Gasteiger partial charge in [-0.1, -0.05) is 11.6 Å². The van der Waals surface area contributed by atoms with Gasteiger partial charge in [-0.25, -0.2) is 0 Å². The number of nitrogens with zero attached hydrogens (tertiary/aromatic N) is 1. The average molecular weight is 280 g/mol. The molecule has 0 amide bonds. The molecule has 0 fully saturated rings. The highest BCUT2D eigenvalue weighted by molar-refractivity contribution is 6.31. The Morgan fingerprint density at radius 2 is 1.95 bits per heavy atom. The van der Waals surface area contributed by atoms with Crippen LogP contribution in [0.4, 0.5) is 17.2 Å². The van der Waals surface area contributed by atoms with E-state index in [-0.39, 0.29) is 0 Å². The first-order valence-electron chi connectivity index (χ1n) is 5.55. The molecule has 3 N–H and O–H groups in total. The number of methoxy groups -OCH3 is 2. The molecule has 0 spiro atoms. The van der Waals surface area contributed by atoms with Crippen molar-refractivity contribution in [3.05, 3.63) is 35.4 Å². The Hall–Kier alpha value is -2.14. The van der Waals surface area contributed by atoms with Crippen LogP contribution < -0.4 is 20.5 Å². The normalized spacial score (nSPS) is 10.1. The highest BCUT2D eigenvalue weighted by Gasteiger charge is 2.08. The molecule has 19 heavy (non-hydrogen) atoms. The Labute approximate surface area is 116 Å². The molecule has 1 heterocycles. The Kier molecular flexibility index (Phi) is 3.97. The van der Waals surface area contributed by atoms with Crippen molar-refractivity contribution in [3.63, 3.8) is 0 Å². The van der Waals surface area contributed by atoms with Gasteiger partial charge in [0.1, 0.15) is 5.75 Å². The summed E-state index contributed by atoms with van der Waals surface area (Å²) in [5, 5.41) is 3.67. The fourth-order valence-electron chi connectivity index (χ4n) is 1.57. The predicted molar refractivity (Wildman–Crippen MR) is 76.5 cm³/mol. The lowest BCUT2D eigenvalue weighted by Crippen LogP contribution is -2.02. The molecule has 0 bridgehead atoms. The molecule has 0 saturated carbocycles. The van der Waals surface area contributed by atoms with Crippen LogP contribution in [0.5, 0.6) is 11.6 Å². The van der Waals surface area contributed by atoms with Crippen LogP contribution in [0.25, 0.3) is 0 Å². The number of nitrogens with two attached hydrogens (primary N) is 1. The van der Waals surface area contributed by atoms with Crippen LogP contribution >= 0.6 is 11.6 Å². The Morgan fingerprint density at radius 3 is 2.63 bits per heavy atom. The zero-order valence-corrected chi connectivity index (χ0v) is 11.4. The number of benzene rings is 1. The van der Waals surface area contributed by atoms with Crippen LogP contribution in [0.1, 0.15) is 0 Å². The van der Waals surface area contributed by atoms with Gasteiger partial charge in [-0.15, -0.1) is 0 Å². The first-order chi connectivity index (χ1) is 9.13. The highest BCUT2D eigenvalue weighted by atomic mass is 35.5. The molecule has 2 aromatic rings. The van der Waals surface area contributed by atoms with Crippen LogP contribution in [0.2, 0.25) is 5.02 Å². The van der Waals surface area contributed by atoms with E-state index in [0.29, 0.717) is 33.8 Å². The molecular formula is C13H14ClN3O2. The fraction of sp³-hybridized carbons (Fsp3) is 0.154. The smallest absolute Gasteiger partial charge is 0.215 e. The highest BCUT2D eigenvalue weighted by Crippen LogP contribution is 2.32. The van der Waals surface area contributed by atoms with Gasteiger partial charge in [0.05, 0.1) is 25.6 Å². The quantitative estimate of drug-likeness (QED) is 0.900. The SMILES string of the molecule is COc1ccc(N)c(Nc2cc(Cl)ccc2OC)n1.